The first kappa shape index (κ1) is 13.7. The highest BCUT2D eigenvalue weighted by Gasteiger charge is 2.27. The third-order valence-electron chi connectivity index (χ3n) is 1.43. The van der Waals surface area contributed by atoms with Crippen LogP contribution < -0.4 is 5.73 Å². The average molecular weight is 233 g/mol. The van der Waals surface area contributed by atoms with Crippen LogP contribution in [-0.4, -0.2) is 32.1 Å². The topological polar surface area (TPSA) is 60.2 Å². The molecule has 1 unspecified atom stereocenters. The molecular weight excluding hydrogens is 219 g/mol. The second-order valence-corrected chi connectivity index (χ2v) is 5.54. The number of hydrogen-bond donors (Lipinski definition) is 1. The van der Waals surface area contributed by atoms with Gasteiger partial charge < -0.3 is 5.73 Å². The number of sulfone groups is 1. The van der Waals surface area contributed by atoms with E-state index in [-0.39, 0.29) is 5.75 Å². The molecule has 7 heteroatoms. The molecule has 0 fully saturated rings. The fourth-order valence-electron chi connectivity index (χ4n) is 0.976. The van der Waals surface area contributed by atoms with Gasteiger partial charge in [0.05, 0.1) is 11.5 Å². The molecule has 0 radical (unpaired) electrons. The molecule has 86 valence electrons. The van der Waals surface area contributed by atoms with E-state index in [9.17, 15) is 21.6 Å². The molecule has 1 atom stereocenters. The Morgan fingerprint density at radius 2 is 1.86 bits per heavy atom. The van der Waals surface area contributed by atoms with Gasteiger partial charge in [0.15, 0.2) is 9.84 Å². The maximum atomic E-state index is 11.7. The maximum Gasteiger partial charge on any atom is 0.389 e. The van der Waals surface area contributed by atoms with Gasteiger partial charge in [-0.1, -0.05) is 0 Å². The van der Waals surface area contributed by atoms with Gasteiger partial charge in [0.2, 0.25) is 0 Å². The average Bonchev–Trinajstić information content (AvgIpc) is 1.78. The minimum atomic E-state index is -4.29. The van der Waals surface area contributed by atoms with Crippen molar-refractivity contribution in [3.8, 4) is 0 Å². The second kappa shape index (κ2) is 4.97. The Bertz CT molecular complexity index is 259. The Hall–Kier alpha value is -0.300. The third-order valence-corrected chi connectivity index (χ3v) is 3.38. The Labute approximate surface area is 81.4 Å². The minimum Gasteiger partial charge on any atom is -0.327 e. The van der Waals surface area contributed by atoms with Crippen LogP contribution in [0.4, 0.5) is 13.2 Å². The molecule has 0 amide bonds. The molecule has 0 aliphatic rings. The quantitative estimate of drug-likeness (QED) is 0.773. The van der Waals surface area contributed by atoms with Crippen LogP contribution in [-0.2, 0) is 9.84 Å². The van der Waals surface area contributed by atoms with E-state index in [2.05, 4.69) is 0 Å². The van der Waals surface area contributed by atoms with Gasteiger partial charge in [-0.2, -0.15) is 13.2 Å². The molecule has 2 N–H and O–H groups in total. The van der Waals surface area contributed by atoms with Crippen LogP contribution >= 0.6 is 0 Å². The van der Waals surface area contributed by atoms with Crippen molar-refractivity contribution >= 4 is 9.84 Å². The van der Waals surface area contributed by atoms with Crippen molar-refractivity contribution in [3.63, 3.8) is 0 Å². The highest BCUT2D eigenvalue weighted by molar-refractivity contribution is 7.91. The zero-order valence-corrected chi connectivity index (χ0v) is 8.66. The lowest BCUT2D eigenvalue weighted by molar-refractivity contribution is -0.134. The summed E-state index contributed by atoms with van der Waals surface area (Å²) in [6, 6.07) is -0.536. The van der Waals surface area contributed by atoms with Crippen molar-refractivity contribution in [2.75, 3.05) is 11.5 Å². The molecule has 0 aromatic carbocycles. The van der Waals surface area contributed by atoms with Crippen LogP contribution in [0, 0.1) is 0 Å². The van der Waals surface area contributed by atoms with Gasteiger partial charge in [-0.15, -0.1) is 0 Å². The van der Waals surface area contributed by atoms with E-state index in [1.807, 2.05) is 0 Å². The van der Waals surface area contributed by atoms with E-state index in [1.165, 1.54) is 6.92 Å². The molecule has 0 aliphatic heterocycles. The number of rotatable bonds is 5. The monoisotopic (exact) mass is 233 g/mol. The van der Waals surface area contributed by atoms with E-state index in [0.29, 0.717) is 0 Å². The summed E-state index contributed by atoms with van der Waals surface area (Å²) in [7, 11) is -3.43. The lowest BCUT2D eigenvalue weighted by Gasteiger charge is -2.08. The zero-order chi connectivity index (χ0) is 11.4. The Morgan fingerprint density at radius 1 is 1.36 bits per heavy atom. The van der Waals surface area contributed by atoms with E-state index in [0.717, 1.165) is 0 Å². The number of hydrogen-bond acceptors (Lipinski definition) is 3. The van der Waals surface area contributed by atoms with Crippen LogP contribution in [0.2, 0.25) is 0 Å². The first-order valence-electron chi connectivity index (χ1n) is 4.15. The van der Waals surface area contributed by atoms with Gasteiger partial charge in [0, 0.05) is 12.5 Å². The van der Waals surface area contributed by atoms with E-state index < -0.39 is 40.6 Å². The second-order valence-electron chi connectivity index (χ2n) is 3.31. The van der Waals surface area contributed by atoms with E-state index >= 15 is 0 Å². The normalized spacial score (nSPS) is 15.5. The molecule has 14 heavy (non-hydrogen) atoms. The van der Waals surface area contributed by atoms with Crippen LogP contribution in [0.25, 0.3) is 0 Å². The largest absolute Gasteiger partial charge is 0.389 e. The number of halogens is 3. The summed E-state index contributed by atoms with van der Waals surface area (Å²) in [5, 5.41) is 0. The molecule has 0 rings (SSSR count). The lowest BCUT2D eigenvalue weighted by atomic mass is 10.3. The van der Waals surface area contributed by atoms with Crippen molar-refractivity contribution < 1.29 is 21.6 Å². The minimum absolute atomic E-state index is 0.259. The van der Waals surface area contributed by atoms with E-state index in [4.69, 9.17) is 5.73 Å². The van der Waals surface area contributed by atoms with Crippen molar-refractivity contribution in [1.82, 2.24) is 0 Å². The van der Waals surface area contributed by atoms with Gasteiger partial charge in [-0.3, -0.25) is 0 Å². The molecule has 0 saturated carbocycles. The van der Waals surface area contributed by atoms with Gasteiger partial charge in [-0.05, 0) is 13.3 Å². The molecule has 0 spiro atoms. The van der Waals surface area contributed by atoms with Gasteiger partial charge in [-0.25, -0.2) is 8.42 Å². The first-order chi connectivity index (χ1) is 6.12. The van der Waals surface area contributed by atoms with Crippen LogP contribution in [0.3, 0.4) is 0 Å². The van der Waals surface area contributed by atoms with Crippen molar-refractivity contribution in [1.29, 1.82) is 0 Å². The summed E-state index contributed by atoms with van der Waals surface area (Å²) in [5.74, 6) is -0.709. The number of nitrogens with two attached hydrogens (primary N) is 1. The lowest BCUT2D eigenvalue weighted by Crippen LogP contribution is -2.28. The molecule has 0 bridgehead atoms. The Morgan fingerprint density at radius 3 is 2.21 bits per heavy atom. The molecule has 0 aromatic rings. The van der Waals surface area contributed by atoms with Crippen molar-refractivity contribution in [3.05, 3.63) is 0 Å². The van der Waals surface area contributed by atoms with Crippen LogP contribution in [0.15, 0.2) is 0 Å². The molecule has 0 saturated heterocycles. The summed E-state index contributed by atoms with van der Waals surface area (Å²) < 4.78 is 57.2. The zero-order valence-electron chi connectivity index (χ0n) is 7.84. The molecular formula is C7H14F3NO2S. The molecule has 0 aromatic heterocycles. The molecule has 3 nitrogen and oxygen atoms in total. The fourth-order valence-corrected chi connectivity index (χ4v) is 2.53. The van der Waals surface area contributed by atoms with Crippen LogP contribution in [0.5, 0.6) is 0 Å². The molecule has 0 heterocycles. The van der Waals surface area contributed by atoms with E-state index in [1.54, 1.807) is 0 Å². The Kier molecular flexibility index (Phi) is 4.87. The highest BCUT2D eigenvalue weighted by atomic mass is 32.2. The summed E-state index contributed by atoms with van der Waals surface area (Å²) in [4.78, 5) is 0. The van der Waals surface area contributed by atoms with Gasteiger partial charge >= 0.3 is 6.18 Å². The standard InChI is InChI=1S/C7H14F3NO2S/c1-6(11)5-14(12,13)4-2-3-7(8,9)10/h6H,2-5,11H2,1H3. The summed E-state index contributed by atoms with van der Waals surface area (Å²) in [5.41, 5.74) is 5.23. The SMILES string of the molecule is CC(N)CS(=O)(=O)CCCC(F)(F)F. The van der Waals surface area contributed by atoms with Gasteiger partial charge in [0.1, 0.15) is 0 Å². The van der Waals surface area contributed by atoms with Gasteiger partial charge in [0.25, 0.3) is 0 Å². The number of alkyl halides is 3. The fraction of sp³-hybridized carbons (Fsp3) is 1.00. The Balaban J connectivity index is 3.90. The smallest absolute Gasteiger partial charge is 0.327 e. The summed E-state index contributed by atoms with van der Waals surface area (Å²) >= 11 is 0. The third kappa shape index (κ3) is 8.31. The molecule has 0 aliphatic carbocycles. The van der Waals surface area contributed by atoms with Crippen LogP contribution in [0.1, 0.15) is 19.8 Å². The maximum absolute atomic E-state index is 11.7. The highest BCUT2D eigenvalue weighted by Crippen LogP contribution is 2.21. The summed E-state index contributed by atoms with van der Waals surface area (Å²) in [6.45, 7) is 1.50. The van der Waals surface area contributed by atoms with Crippen molar-refractivity contribution in [2.24, 2.45) is 5.73 Å². The predicted molar refractivity (Wildman–Crippen MR) is 47.6 cm³/mol. The predicted octanol–water partition coefficient (Wildman–Crippen LogP) is 1.09. The van der Waals surface area contributed by atoms with Crippen molar-refractivity contribution in [2.45, 2.75) is 32.0 Å². The first-order valence-corrected chi connectivity index (χ1v) is 5.97. The summed E-state index contributed by atoms with van der Waals surface area (Å²) in [6.07, 6.45) is -5.74.